The third kappa shape index (κ3) is 4.55. The molecule has 0 bridgehead atoms. The summed E-state index contributed by atoms with van der Waals surface area (Å²) in [5.74, 6) is 0.423. The summed E-state index contributed by atoms with van der Waals surface area (Å²) in [5, 5.41) is 6.66. The molecule has 0 radical (unpaired) electrons. The van der Waals surface area contributed by atoms with Gasteiger partial charge in [0.2, 0.25) is 0 Å². The van der Waals surface area contributed by atoms with Gasteiger partial charge in [0.15, 0.2) is 0 Å². The molecule has 1 amide bonds. The summed E-state index contributed by atoms with van der Waals surface area (Å²) >= 11 is 6.00. The van der Waals surface area contributed by atoms with Gasteiger partial charge in [0.05, 0.1) is 0 Å². The third-order valence-electron chi connectivity index (χ3n) is 3.69. The maximum absolute atomic E-state index is 12.5. The lowest BCUT2D eigenvalue weighted by molar-refractivity contribution is 0.102. The molecule has 1 aromatic carbocycles. The van der Waals surface area contributed by atoms with E-state index >= 15 is 0 Å². The van der Waals surface area contributed by atoms with E-state index in [0.717, 1.165) is 11.1 Å². The molecule has 6 heteroatoms. The monoisotopic (exact) mass is 352 g/mol. The minimum Gasteiger partial charge on any atom is -0.366 e. The highest BCUT2D eigenvalue weighted by atomic mass is 35.5. The molecule has 3 rings (SSSR count). The van der Waals surface area contributed by atoms with Gasteiger partial charge in [-0.1, -0.05) is 17.7 Å². The summed E-state index contributed by atoms with van der Waals surface area (Å²) < 4.78 is 0. The Kier molecular flexibility index (Phi) is 5.26. The minimum absolute atomic E-state index is 0.209. The fourth-order valence-electron chi connectivity index (χ4n) is 2.29. The van der Waals surface area contributed by atoms with Crippen LogP contribution in [0.1, 0.15) is 21.5 Å². The van der Waals surface area contributed by atoms with Gasteiger partial charge in [0.1, 0.15) is 5.82 Å². The number of hydrogen-bond donors (Lipinski definition) is 2. The van der Waals surface area contributed by atoms with Gasteiger partial charge in [-0.15, -0.1) is 0 Å². The van der Waals surface area contributed by atoms with Crippen LogP contribution in [0.2, 0.25) is 5.02 Å². The first-order valence-corrected chi connectivity index (χ1v) is 8.16. The van der Waals surface area contributed by atoms with E-state index in [1.807, 2.05) is 25.1 Å². The van der Waals surface area contributed by atoms with Gasteiger partial charge >= 0.3 is 0 Å². The first kappa shape index (κ1) is 16.9. The number of halogens is 1. The Morgan fingerprint density at radius 1 is 1.08 bits per heavy atom. The van der Waals surface area contributed by atoms with Crippen LogP contribution in [0.25, 0.3) is 0 Å². The molecule has 126 valence electrons. The third-order valence-corrected chi connectivity index (χ3v) is 3.93. The molecule has 0 spiro atoms. The Labute approximate surface area is 151 Å². The van der Waals surface area contributed by atoms with E-state index in [9.17, 15) is 4.79 Å². The van der Waals surface area contributed by atoms with Crippen molar-refractivity contribution in [3.8, 4) is 0 Å². The van der Waals surface area contributed by atoms with E-state index in [-0.39, 0.29) is 5.91 Å². The highest BCUT2D eigenvalue weighted by Gasteiger charge is 2.09. The molecule has 0 atom stereocenters. The molecular weight excluding hydrogens is 336 g/mol. The van der Waals surface area contributed by atoms with Crippen LogP contribution >= 0.6 is 11.6 Å². The van der Waals surface area contributed by atoms with Crippen molar-refractivity contribution in [2.24, 2.45) is 0 Å². The Hall–Kier alpha value is -2.92. The predicted octanol–water partition coefficient (Wildman–Crippen LogP) is 4.30. The quantitative estimate of drug-likeness (QED) is 0.718. The Morgan fingerprint density at radius 2 is 1.88 bits per heavy atom. The molecule has 5 nitrogen and oxygen atoms in total. The normalized spacial score (nSPS) is 10.3. The number of anilines is 2. The molecule has 2 aromatic heterocycles. The van der Waals surface area contributed by atoms with Crippen LogP contribution in [0.3, 0.4) is 0 Å². The first-order valence-electron chi connectivity index (χ1n) is 7.78. The average molecular weight is 353 g/mol. The van der Waals surface area contributed by atoms with E-state index in [2.05, 4.69) is 20.6 Å². The second-order valence-corrected chi connectivity index (χ2v) is 5.99. The number of nitrogens with zero attached hydrogens (tertiary/aromatic N) is 2. The Bertz CT molecular complexity index is 884. The van der Waals surface area contributed by atoms with Crippen LogP contribution in [-0.4, -0.2) is 15.9 Å². The van der Waals surface area contributed by atoms with Gasteiger partial charge in [0.25, 0.3) is 5.91 Å². The van der Waals surface area contributed by atoms with Gasteiger partial charge in [-0.2, -0.15) is 0 Å². The number of amides is 1. The lowest BCUT2D eigenvalue weighted by atomic mass is 10.2. The maximum atomic E-state index is 12.5. The molecule has 0 aliphatic rings. The summed E-state index contributed by atoms with van der Waals surface area (Å²) in [6.45, 7) is 2.52. The van der Waals surface area contributed by atoms with Crippen molar-refractivity contribution >= 4 is 29.0 Å². The number of rotatable bonds is 5. The second kappa shape index (κ2) is 7.77. The van der Waals surface area contributed by atoms with Crippen molar-refractivity contribution in [2.45, 2.75) is 13.5 Å². The van der Waals surface area contributed by atoms with Crippen molar-refractivity contribution in [1.82, 2.24) is 9.97 Å². The molecule has 2 N–H and O–H groups in total. The summed E-state index contributed by atoms with van der Waals surface area (Å²) in [4.78, 5) is 20.7. The zero-order valence-corrected chi connectivity index (χ0v) is 14.4. The second-order valence-electron chi connectivity index (χ2n) is 5.55. The number of hydrogen-bond acceptors (Lipinski definition) is 4. The maximum Gasteiger partial charge on any atom is 0.255 e. The summed E-state index contributed by atoms with van der Waals surface area (Å²) in [6.07, 6.45) is 5.08. The fourth-order valence-corrected chi connectivity index (χ4v) is 2.46. The fraction of sp³-hybridized carbons (Fsp3) is 0.105. The van der Waals surface area contributed by atoms with Crippen LogP contribution < -0.4 is 10.6 Å². The van der Waals surface area contributed by atoms with Crippen molar-refractivity contribution < 1.29 is 4.79 Å². The van der Waals surface area contributed by atoms with Crippen LogP contribution in [0.15, 0.2) is 61.1 Å². The minimum atomic E-state index is -0.209. The number of nitrogens with one attached hydrogen (secondary N) is 2. The van der Waals surface area contributed by atoms with Crippen molar-refractivity contribution in [3.05, 3.63) is 82.8 Å². The molecular formula is C19H17ClN4O. The number of aromatic nitrogens is 2. The lowest BCUT2D eigenvalue weighted by Crippen LogP contribution is -2.13. The smallest absolute Gasteiger partial charge is 0.255 e. The van der Waals surface area contributed by atoms with Crippen molar-refractivity contribution in [3.63, 3.8) is 0 Å². The van der Waals surface area contributed by atoms with E-state index in [0.29, 0.717) is 28.6 Å². The highest BCUT2D eigenvalue weighted by Crippen LogP contribution is 2.21. The van der Waals surface area contributed by atoms with Gasteiger partial charge in [0, 0.05) is 41.4 Å². The van der Waals surface area contributed by atoms with Crippen LogP contribution in [0, 0.1) is 6.92 Å². The number of aryl methyl sites for hydroxylation is 1. The van der Waals surface area contributed by atoms with Gasteiger partial charge < -0.3 is 10.6 Å². The zero-order chi connectivity index (χ0) is 17.6. The van der Waals surface area contributed by atoms with Crippen molar-refractivity contribution in [1.29, 1.82) is 0 Å². The number of carbonyl (C=O) groups is 1. The van der Waals surface area contributed by atoms with E-state index in [4.69, 9.17) is 11.6 Å². The topological polar surface area (TPSA) is 66.9 Å². The molecule has 0 aliphatic heterocycles. The molecule has 0 aliphatic carbocycles. The first-order chi connectivity index (χ1) is 12.1. The molecule has 0 unspecified atom stereocenters. The lowest BCUT2D eigenvalue weighted by Gasteiger charge is -2.10. The SMILES string of the molecule is Cc1ccc(Cl)cc1NC(=O)c1ccnc(NCc2ccncc2)c1. The molecule has 25 heavy (non-hydrogen) atoms. The largest absolute Gasteiger partial charge is 0.366 e. The van der Waals surface area contributed by atoms with Gasteiger partial charge in [-0.25, -0.2) is 4.98 Å². The molecule has 0 fully saturated rings. The predicted molar refractivity (Wildman–Crippen MR) is 99.9 cm³/mol. The molecule has 2 heterocycles. The van der Waals surface area contributed by atoms with Crippen molar-refractivity contribution in [2.75, 3.05) is 10.6 Å². The van der Waals surface area contributed by atoms with Gasteiger partial charge in [-0.05, 0) is 54.4 Å². The van der Waals surface area contributed by atoms with Crippen LogP contribution in [0.5, 0.6) is 0 Å². The molecule has 0 saturated heterocycles. The standard InChI is InChI=1S/C19H17ClN4O/c1-13-2-3-16(20)11-17(13)24-19(25)15-6-9-22-18(10-15)23-12-14-4-7-21-8-5-14/h2-11H,12H2,1H3,(H,22,23)(H,24,25). The number of pyridine rings is 2. The van der Waals surface area contributed by atoms with E-state index < -0.39 is 0 Å². The average Bonchev–Trinajstić information content (AvgIpc) is 2.64. The number of benzene rings is 1. The number of carbonyl (C=O) groups excluding carboxylic acids is 1. The Morgan fingerprint density at radius 3 is 2.68 bits per heavy atom. The van der Waals surface area contributed by atoms with E-state index in [1.54, 1.807) is 42.9 Å². The summed E-state index contributed by atoms with van der Waals surface area (Å²) in [5.41, 5.74) is 3.25. The molecule has 3 aromatic rings. The van der Waals surface area contributed by atoms with Gasteiger partial charge in [-0.3, -0.25) is 9.78 Å². The summed E-state index contributed by atoms with van der Waals surface area (Å²) in [7, 11) is 0. The molecule has 0 saturated carbocycles. The zero-order valence-electron chi connectivity index (χ0n) is 13.7. The summed E-state index contributed by atoms with van der Waals surface area (Å²) in [6, 6.07) is 12.6. The van der Waals surface area contributed by atoms with Crippen LogP contribution in [0.4, 0.5) is 11.5 Å². The van der Waals surface area contributed by atoms with Crippen LogP contribution in [-0.2, 0) is 6.54 Å². The Balaban J connectivity index is 1.70. The highest BCUT2D eigenvalue weighted by molar-refractivity contribution is 6.31. The van der Waals surface area contributed by atoms with E-state index in [1.165, 1.54) is 0 Å².